The summed E-state index contributed by atoms with van der Waals surface area (Å²) in [7, 11) is 0. The van der Waals surface area contributed by atoms with Gasteiger partial charge in [0, 0.05) is 23.6 Å². The highest BCUT2D eigenvalue weighted by molar-refractivity contribution is 5.87. The van der Waals surface area contributed by atoms with Crippen molar-refractivity contribution in [3.8, 4) is 0 Å². The molecule has 0 aliphatic heterocycles. The minimum absolute atomic E-state index is 0.883. The molecule has 0 atom stereocenters. The van der Waals surface area contributed by atoms with E-state index in [1.165, 1.54) is 5.56 Å². The van der Waals surface area contributed by atoms with Crippen LogP contribution in [0.3, 0.4) is 0 Å². The summed E-state index contributed by atoms with van der Waals surface area (Å²) in [5.41, 5.74) is 2.09. The maximum Gasteiger partial charge on any atom is 0.153 e. The Morgan fingerprint density at radius 3 is 3.07 bits per heavy atom. The Hall–Kier alpha value is -1.57. The van der Waals surface area contributed by atoms with Gasteiger partial charge in [-0.3, -0.25) is 4.98 Å². The average molecular weight is 201 g/mol. The SMILES string of the molecule is C/C=C\c1c(CCC)oc2cnccc12. The third kappa shape index (κ3) is 1.80. The molecule has 2 heterocycles. The number of aromatic nitrogens is 1. The molecule has 2 aromatic heterocycles. The fraction of sp³-hybridized carbons (Fsp3) is 0.308. The van der Waals surface area contributed by atoms with Gasteiger partial charge in [0.15, 0.2) is 5.58 Å². The Morgan fingerprint density at radius 1 is 1.47 bits per heavy atom. The van der Waals surface area contributed by atoms with Crippen molar-refractivity contribution < 1.29 is 4.42 Å². The first kappa shape index (κ1) is 9.97. The van der Waals surface area contributed by atoms with Crippen molar-refractivity contribution in [1.29, 1.82) is 0 Å². The van der Waals surface area contributed by atoms with E-state index >= 15 is 0 Å². The van der Waals surface area contributed by atoms with Gasteiger partial charge in [0.05, 0.1) is 6.20 Å². The Bertz CT molecular complexity index is 482. The molecule has 0 aliphatic carbocycles. The van der Waals surface area contributed by atoms with E-state index in [2.05, 4.69) is 18.0 Å². The zero-order valence-corrected chi connectivity index (χ0v) is 9.16. The van der Waals surface area contributed by atoms with E-state index in [9.17, 15) is 0 Å². The van der Waals surface area contributed by atoms with Crippen LogP contribution in [0.4, 0.5) is 0 Å². The fourth-order valence-corrected chi connectivity index (χ4v) is 1.78. The number of rotatable bonds is 3. The molecule has 0 N–H and O–H groups in total. The van der Waals surface area contributed by atoms with E-state index in [1.807, 2.05) is 19.1 Å². The number of nitrogens with zero attached hydrogens (tertiary/aromatic N) is 1. The zero-order chi connectivity index (χ0) is 10.7. The highest BCUT2D eigenvalue weighted by atomic mass is 16.3. The van der Waals surface area contributed by atoms with Crippen LogP contribution in [0.15, 0.2) is 29.0 Å². The molecule has 0 unspecified atom stereocenters. The van der Waals surface area contributed by atoms with Crippen molar-refractivity contribution in [1.82, 2.24) is 4.98 Å². The first-order valence-corrected chi connectivity index (χ1v) is 5.35. The van der Waals surface area contributed by atoms with E-state index in [1.54, 1.807) is 12.4 Å². The maximum atomic E-state index is 5.78. The summed E-state index contributed by atoms with van der Waals surface area (Å²) in [6.45, 7) is 4.18. The third-order valence-electron chi connectivity index (χ3n) is 2.42. The quantitative estimate of drug-likeness (QED) is 0.754. The molecule has 15 heavy (non-hydrogen) atoms. The van der Waals surface area contributed by atoms with Crippen LogP contribution in [0.2, 0.25) is 0 Å². The number of hydrogen-bond acceptors (Lipinski definition) is 2. The van der Waals surface area contributed by atoms with Gasteiger partial charge in [-0.15, -0.1) is 0 Å². The van der Waals surface area contributed by atoms with Crippen LogP contribution in [0.25, 0.3) is 17.0 Å². The van der Waals surface area contributed by atoms with E-state index < -0.39 is 0 Å². The Balaban J connectivity index is 2.63. The van der Waals surface area contributed by atoms with Gasteiger partial charge in [0.25, 0.3) is 0 Å². The molecular weight excluding hydrogens is 186 g/mol. The molecule has 0 spiro atoms. The van der Waals surface area contributed by atoms with Crippen molar-refractivity contribution in [3.63, 3.8) is 0 Å². The highest BCUT2D eigenvalue weighted by Crippen LogP contribution is 2.27. The number of allylic oxidation sites excluding steroid dienone is 1. The smallest absolute Gasteiger partial charge is 0.153 e. The summed E-state index contributed by atoms with van der Waals surface area (Å²) in [5, 5.41) is 1.16. The molecule has 0 radical (unpaired) electrons. The Kier molecular flexibility index (Phi) is 2.86. The number of hydrogen-bond donors (Lipinski definition) is 0. The van der Waals surface area contributed by atoms with Gasteiger partial charge in [0.2, 0.25) is 0 Å². The van der Waals surface area contributed by atoms with Gasteiger partial charge in [-0.2, -0.15) is 0 Å². The lowest BCUT2D eigenvalue weighted by atomic mass is 10.1. The Morgan fingerprint density at radius 2 is 2.33 bits per heavy atom. The lowest BCUT2D eigenvalue weighted by Gasteiger charge is -1.94. The van der Waals surface area contributed by atoms with Crippen LogP contribution in [0.5, 0.6) is 0 Å². The molecule has 2 rings (SSSR count). The number of pyridine rings is 1. The Labute approximate surface area is 89.6 Å². The first-order valence-electron chi connectivity index (χ1n) is 5.35. The molecule has 0 saturated carbocycles. The molecule has 2 aromatic rings. The van der Waals surface area contributed by atoms with Crippen molar-refractivity contribution >= 4 is 17.0 Å². The van der Waals surface area contributed by atoms with Gasteiger partial charge < -0.3 is 4.42 Å². The molecule has 0 fully saturated rings. The van der Waals surface area contributed by atoms with Gasteiger partial charge in [0.1, 0.15) is 5.76 Å². The lowest BCUT2D eigenvalue weighted by Crippen LogP contribution is -1.82. The van der Waals surface area contributed by atoms with Crippen LogP contribution in [0, 0.1) is 0 Å². The van der Waals surface area contributed by atoms with Crippen molar-refractivity contribution in [2.75, 3.05) is 0 Å². The predicted molar refractivity (Wildman–Crippen MR) is 62.7 cm³/mol. The largest absolute Gasteiger partial charge is 0.459 e. The van der Waals surface area contributed by atoms with Crippen molar-refractivity contribution in [2.24, 2.45) is 0 Å². The van der Waals surface area contributed by atoms with E-state index in [0.29, 0.717) is 0 Å². The van der Waals surface area contributed by atoms with Gasteiger partial charge in [-0.25, -0.2) is 0 Å². The first-order chi connectivity index (χ1) is 7.36. The molecule has 2 nitrogen and oxygen atoms in total. The third-order valence-corrected chi connectivity index (χ3v) is 2.42. The van der Waals surface area contributed by atoms with Gasteiger partial charge in [-0.05, 0) is 19.4 Å². The molecule has 2 heteroatoms. The summed E-state index contributed by atoms with van der Waals surface area (Å²) in [6.07, 6.45) is 9.81. The summed E-state index contributed by atoms with van der Waals surface area (Å²) in [5.74, 6) is 1.07. The van der Waals surface area contributed by atoms with Crippen LogP contribution < -0.4 is 0 Å². The summed E-state index contributed by atoms with van der Waals surface area (Å²) in [4.78, 5) is 4.07. The van der Waals surface area contributed by atoms with E-state index in [4.69, 9.17) is 4.42 Å². The van der Waals surface area contributed by atoms with Crippen molar-refractivity contribution in [3.05, 3.63) is 35.9 Å². The molecule has 0 bridgehead atoms. The number of furan rings is 1. The van der Waals surface area contributed by atoms with E-state index in [-0.39, 0.29) is 0 Å². The van der Waals surface area contributed by atoms with Crippen molar-refractivity contribution in [2.45, 2.75) is 26.7 Å². The minimum atomic E-state index is 0.883. The molecule has 78 valence electrons. The van der Waals surface area contributed by atoms with Gasteiger partial charge >= 0.3 is 0 Å². The molecule has 0 amide bonds. The summed E-state index contributed by atoms with van der Waals surface area (Å²) < 4.78 is 5.78. The molecule has 0 aliphatic rings. The number of fused-ring (bicyclic) bond motifs is 1. The summed E-state index contributed by atoms with van der Waals surface area (Å²) in [6, 6.07) is 2.01. The second-order valence-corrected chi connectivity index (χ2v) is 3.56. The van der Waals surface area contributed by atoms with Crippen LogP contribution in [-0.4, -0.2) is 4.98 Å². The normalized spacial score (nSPS) is 11.6. The topological polar surface area (TPSA) is 26.0 Å². The average Bonchev–Trinajstić information content (AvgIpc) is 2.59. The molecule has 0 saturated heterocycles. The van der Waals surface area contributed by atoms with Crippen LogP contribution >= 0.6 is 0 Å². The standard InChI is InChI=1S/C13H15NO/c1-3-5-10-11-7-8-14-9-13(11)15-12(10)6-4-2/h3,5,7-9H,4,6H2,1-2H3/b5-3-. The number of aryl methyl sites for hydroxylation is 1. The molecular formula is C13H15NO. The zero-order valence-electron chi connectivity index (χ0n) is 9.16. The second kappa shape index (κ2) is 4.30. The van der Waals surface area contributed by atoms with Gasteiger partial charge in [-0.1, -0.05) is 19.1 Å². The predicted octanol–water partition coefficient (Wildman–Crippen LogP) is 3.81. The fourth-order valence-electron chi connectivity index (χ4n) is 1.78. The minimum Gasteiger partial charge on any atom is -0.459 e. The van der Waals surface area contributed by atoms with Crippen LogP contribution in [-0.2, 0) is 6.42 Å². The summed E-state index contributed by atoms with van der Waals surface area (Å²) >= 11 is 0. The highest BCUT2D eigenvalue weighted by Gasteiger charge is 2.10. The molecule has 0 aromatic carbocycles. The van der Waals surface area contributed by atoms with E-state index in [0.717, 1.165) is 29.6 Å². The van der Waals surface area contributed by atoms with Crippen LogP contribution in [0.1, 0.15) is 31.6 Å². The monoisotopic (exact) mass is 201 g/mol. The second-order valence-electron chi connectivity index (χ2n) is 3.56. The maximum absolute atomic E-state index is 5.78. The lowest BCUT2D eigenvalue weighted by molar-refractivity contribution is 0.542.